The maximum atomic E-state index is 4.33. The van der Waals surface area contributed by atoms with Gasteiger partial charge in [-0.15, -0.1) is 0 Å². The molecule has 28 heavy (non-hydrogen) atoms. The summed E-state index contributed by atoms with van der Waals surface area (Å²) in [5, 5.41) is 17.1. The van der Waals surface area contributed by atoms with Crippen LogP contribution in [0.4, 0.5) is 28.4 Å². The molecule has 0 spiro atoms. The Balaban J connectivity index is 1.37. The van der Waals surface area contributed by atoms with Crippen LogP contribution in [0, 0.1) is 6.92 Å². The highest BCUT2D eigenvalue weighted by molar-refractivity contribution is 5.53. The van der Waals surface area contributed by atoms with Crippen molar-refractivity contribution in [2.24, 2.45) is 20.5 Å². The SMILES string of the molecule is Cc1ccc(N=Nc2ccc(N=Nc3ccc(N4CCCC4)cc3)cc2)cc1. The molecule has 0 atom stereocenters. The number of hydrogen-bond donors (Lipinski definition) is 0. The van der Waals surface area contributed by atoms with Crippen LogP contribution in [-0.2, 0) is 0 Å². The molecular formula is C23H23N5. The summed E-state index contributed by atoms with van der Waals surface area (Å²) in [5.41, 5.74) is 5.74. The molecule has 1 heterocycles. The molecule has 1 aliphatic heterocycles. The second kappa shape index (κ2) is 8.57. The lowest BCUT2D eigenvalue weighted by atomic mass is 10.2. The van der Waals surface area contributed by atoms with Crippen LogP contribution >= 0.6 is 0 Å². The van der Waals surface area contributed by atoms with Gasteiger partial charge in [0.1, 0.15) is 0 Å². The highest BCUT2D eigenvalue weighted by atomic mass is 15.1. The smallest absolute Gasteiger partial charge is 0.0858 e. The van der Waals surface area contributed by atoms with E-state index in [1.807, 2.05) is 60.7 Å². The van der Waals surface area contributed by atoms with Crippen LogP contribution in [0.2, 0.25) is 0 Å². The molecule has 0 bridgehead atoms. The molecule has 0 N–H and O–H groups in total. The van der Waals surface area contributed by atoms with Crippen LogP contribution in [0.3, 0.4) is 0 Å². The number of hydrogen-bond acceptors (Lipinski definition) is 5. The summed E-state index contributed by atoms with van der Waals surface area (Å²) >= 11 is 0. The summed E-state index contributed by atoms with van der Waals surface area (Å²) in [6.07, 6.45) is 2.56. The molecule has 1 aliphatic rings. The topological polar surface area (TPSA) is 52.7 Å². The largest absolute Gasteiger partial charge is 0.372 e. The van der Waals surface area contributed by atoms with E-state index < -0.39 is 0 Å². The molecular weight excluding hydrogens is 346 g/mol. The number of aryl methyl sites for hydroxylation is 1. The fourth-order valence-electron chi connectivity index (χ4n) is 3.13. The van der Waals surface area contributed by atoms with Gasteiger partial charge in [-0.05, 0) is 80.4 Å². The minimum atomic E-state index is 0.787. The van der Waals surface area contributed by atoms with E-state index in [1.54, 1.807) is 0 Å². The molecule has 0 aromatic heterocycles. The third kappa shape index (κ3) is 4.68. The van der Waals surface area contributed by atoms with Crippen molar-refractivity contribution in [3.8, 4) is 0 Å². The molecule has 0 radical (unpaired) electrons. The molecule has 5 nitrogen and oxygen atoms in total. The summed E-state index contributed by atoms with van der Waals surface area (Å²) in [6, 6.07) is 23.8. The van der Waals surface area contributed by atoms with Crippen LogP contribution < -0.4 is 4.90 Å². The van der Waals surface area contributed by atoms with Gasteiger partial charge in [-0.1, -0.05) is 17.7 Å². The van der Waals surface area contributed by atoms with Crippen molar-refractivity contribution in [1.29, 1.82) is 0 Å². The molecule has 140 valence electrons. The van der Waals surface area contributed by atoms with Crippen LogP contribution in [-0.4, -0.2) is 13.1 Å². The highest BCUT2D eigenvalue weighted by Gasteiger charge is 2.11. The number of rotatable bonds is 5. The van der Waals surface area contributed by atoms with E-state index in [0.29, 0.717) is 0 Å². The Hall–Kier alpha value is -3.34. The fraction of sp³-hybridized carbons (Fsp3) is 0.217. The van der Waals surface area contributed by atoms with E-state index in [0.717, 1.165) is 35.8 Å². The number of anilines is 1. The van der Waals surface area contributed by atoms with Gasteiger partial charge in [-0.2, -0.15) is 20.5 Å². The monoisotopic (exact) mass is 369 g/mol. The quantitative estimate of drug-likeness (QED) is 0.431. The van der Waals surface area contributed by atoms with Gasteiger partial charge >= 0.3 is 0 Å². The fourth-order valence-corrected chi connectivity index (χ4v) is 3.13. The normalized spacial score (nSPS) is 14.4. The van der Waals surface area contributed by atoms with Gasteiger partial charge in [0.15, 0.2) is 0 Å². The van der Waals surface area contributed by atoms with Crippen molar-refractivity contribution in [2.45, 2.75) is 19.8 Å². The van der Waals surface area contributed by atoms with Gasteiger partial charge in [-0.25, -0.2) is 0 Å². The Morgan fingerprint density at radius 3 is 1.32 bits per heavy atom. The molecule has 0 saturated carbocycles. The summed E-state index contributed by atoms with van der Waals surface area (Å²) in [4.78, 5) is 2.41. The van der Waals surface area contributed by atoms with Crippen molar-refractivity contribution in [1.82, 2.24) is 0 Å². The average Bonchev–Trinajstić information content (AvgIpc) is 3.28. The first-order chi connectivity index (χ1) is 13.8. The van der Waals surface area contributed by atoms with Gasteiger partial charge in [0.25, 0.3) is 0 Å². The maximum absolute atomic E-state index is 4.33. The standard InChI is InChI=1S/C23H23N5/c1-18-4-6-19(7-5-18)24-25-20-8-10-21(11-9-20)26-27-22-12-14-23(15-13-22)28-16-2-3-17-28/h4-15H,2-3,16-17H2,1H3. The lowest BCUT2D eigenvalue weighted by Crippen LogP contribution is -2.17. The minimum Gasteiger partial charge on any atom is -0.372 e. The van der Waals surface area contributed by atoms with Crippen molar-refractivity contribution in [3.63, 3.8) is 0 Å². The van der Waals surface area contributed by atoms with Crippen molar-refractivity contribution >= 4 is 28.4 Å². The molecule has 1 saturated heterocycles. The second-order valence-corrected chi connectivity index (χ2v) is 6.96. The number of nitrogens with zero attached hydrogens (tertiary/aromatic N) is 5. The first kappa shape index (κ1) is 18.0. The predicted molar refractivity (Wildman–Crippen MR) is 114 cm³/mol. The first-order valence-electron chi connectivity index (χ1n) is 9.61. The molecule has 3 aromatic rings. The van der Waals surface area contributed by atoms with E-state index >= 15 is 0 Å². The number of benzene rings is 3. The van der Waals surface area contributed by atoms with Gasteiger partial charge in [0.2, 0.25) is 0 Å². The average molecular weight is 369 g/mol. The molecule has 4 rings (SSSR count). The van der Waals surface area contributed by atoms with E-state index in [4.69, 9.17) is 0 Å². The summed E-state index contributed by atoms with van der Waals surface area (Å²) in [7, 11) is 0. The Morgan fingerprint density at radius 2 is 0.893 bits per heavy atom. The van der Waals surface area contributed by atoms with Crippen molar-refractivity contribution in [3.05, 3.63) is 78.4 Å². The minimum absolute atomic E-state index is 0.787. The van der Waals surface area contributed by atoms with Gasteiger partial charge in [-0.3, -0.25) is 0 Å². The zero-order chi connectivity index (χ0) is 19.2. The van der Waals surface area contributed by atoms with E-state index in [9.17, 15) is 0 Å². The van der Waals surface area contributed by atoms with E-state index in [1.165, 1.54) is 24.1 Å². The van der Waals surface area contributed by atoms with Gasteiger partial charge in [0.05, 0.1) is 22.7 Å². The molecule has 1 fully saturated rings. The first-order valence-corrected chi connectivity index (χ1v) is 9.61. The molecule has 0 amide bonds. The van der Waals surface area contributed by atoms with E-state index in [-0.39, 0.29) is 0 Å². The molecule has 0 aliphatic carbocycles. The molecule has 5 heteroatoms. The lowest BCUT2D eigenvalue weighted by molar-refractivity contribution is 0.949. The molecule has 3 aromatic carbocycles. The zero-order valence-electron chi connectivity index (χ0n) is 16.0. The highest BCUT2D eigenvalue weighted by Crippen LogP contribution is 2.26. The zero-order valence-corrected chi connectivity index (χ0v) is 16.0. The van der Waals surface area contributed by atoms with Crippen LogP contribution in [0.5, 0.6) is 0 Å². The van der Waals surface area contributed by atoms with Crippen molar-refractivity contribution < 1.29 is 0 Å². The maximum Gasteiger partial charge on any atom is 0.0858 e. The molecule has 0 unspecified atom stereocenters. The Kier molecular flexibility index (Phi) is 5.52. The van der Waals surface area contributed by atoms with Gasteiger partial charge < -0.3 is 4.90 Å². The Labute approximate surface area is 165 Å². The predicted octanol–water partition coefficient (Wildman–Crippen LogP) is 7.43. The summed E-state index contributed by atoms with van der Waals surface area (Å²) in [6.45, 7) is 4.35. The third-order valence-electron chi connectivity index (χ3n) is 4.77. The summed E-state index contributed by atoms with van der Waals surface area (Å²) in [5.74, 6) is 0. The second-order valence-electron chi connectivity index (χ2n) is 6.96. The van der Waals surface area contributed by atoms with Gasteiger partial charge in [0, 0.05) is 18.8 Å². The Morgan fingerprint density at radius 1 is 0.536 bits per heavy atom. The lowest BCUT2D eigenvalue weighted by Gasteiger charge is -2.17. The van der Waals surface area contributed by atoms with Crippen molar-refractivity contribution in [2.75, 3.05) is 18.0 Å². The summed E-state index contributed by atoms with van der Waals surface area (Å²) < 4.78 is 0. The number of azo groups is 2. The Bertz CT molecular complexity index is 951. The van der Waals surface area contributed by atoms with Crippen LogP contribution in [0.25, 0.3) is 0 Å². The van der Waals surface area contributed by atoms with Crippen LogP contribution in [0.1, 0.15) is 18.4 Å². The van der Waals surface area contributed by atoms with E-state index in [2.05, 4.69) is 44.4 Å². The third-order valence-corrected chi connectivity index (χ3v) is 4.77. The van der Waals surface area contributed by atoms with Crippen LogP contribution in [0.15, 0.2) is 93.3 Å².